The number of carbonyl (C=O) groups is 3. The van der Waals surface area contributed by atoms with Crippen molar-refractivity contribution in [3.8, 4) is 45.4 Å². The summed E-state index contributed by atoms with van der Waals surface area (Å²) in [5, 5.41) is 8.43. The third-order valence-corrected chi connectivity index (χ3v) is 19.1. The van der Waals surface area contributed by atoms with Crippen LogP contribution in [0.1, 0.15) is 185 Å². The Morgan fingerprint density at radius 2 is 0.949 bits per heavy atom. The van der Waals surface area contributed by atoms with Crippen LogP contribution < -0.4 is 75.3 Å². The number of hydrogen-bond acceptors (Lipinski definition) is 18. The van der Waals surface area contributed by atoms with E-state index >= 15 is 0 Å². The number of aromatic nitrogens is 8. The number of rotatable bonds is 10. The summed E-state index contributed by atoms with van der Waals surface area (Å²) < 4.78 is 48.7. The third-order valence-electron chi connectivity index (χ3n) is 18.7. The van der Waals surface area contributed by atoms with E-state index in [9.17, 15) is 9.59 Å². The van der Waals surface area contributed by atoms with Crippen molar-refractivity contribution in [3.05, 3.63) is 126 Å². The quantitative estimate of drug-likeness (QED) is 0.0507. The van der Waals surface area contributed by atoms with E-state index in [1.165, 1.54) is 25.7 Å². The maximum absolute atomic E-state index is 12.8. The van der Waals surface area contributed by atoms with Gasteiger partial charge in [-0.2, -0.15) is 0 Å². The van der Waals surface area contributed by atoms with Gasteiger partial charge in [-0.25, -0.2) is 34.5 Å². The van der Waals surface area contributed by atoms with Gasteiger partial charge in [0.2, 0.25) is 11.8 Å². The van der Waals surface area contributed by atoms with Crippen LogP contribution in [0.3, 0.4) is 0 Å². The second-order valence-corrected chi connectivity index (χ2v) is 30.0. The Morgan fingerprint density at radius 1 is 0.556 bits per heavy atom. The molecule has 0 bridgehead atoms. The minimum absolute atomic E-state index is 0. The normalized spacial score (nSPS) is 19.1. The summed E-state index contributed by atoms with van der Waals surface area (Å²) in [5.41, 5.74) is 8.13. The number of nitrogens with one attached hydrogen (secondary N) is 3. The van der Waals surface area contributed by atoms with Crippen LogP contribution in [0.25, 0.3) is 67.6 Å². The molecule has 4 aliphatic heterocycles. The zero-order chi connectivity index (χ0) is 69.4. The van der Waals surface area contributed by atoms with Crippen molar-refractivity contribution in [2.45, 2.75) is 200 Å². The molecule has 514 valence electrons. The zero-order valence-corrected chi connectivity index (χ0v) is 65.3. The first-order valence-electron chi connectivity index (χ1n) is 33.1. The fourth-order valence-corrected chi connectivity index (χ4v) is 12.5. The van der Waals surface area contributed by atoms with Gasteiger partial charge in [0.25, 0.3) is 6.47 Å². The van der Waals surface area contributed by atoms with Crippen molar-refractivity contribution < 1.29 is 122 Å². The van der Waals surface area contributed by atoms with Crippen LogP contribution in [0.5, 0.6) is 0 Å². The number of aromatic amines is 3. The number of hydrogen-bond donors (Lipinski definition) is 3. The van der Waals surface area contributed by atoms with Gasteiger partial charge >= 0.3 is 85.5 Å². The van der Waals surface area contributed by atoms with Gasteiger partial charge in [-0.3, -0.25) is 14.6 Å². The van der Waals surface area contributed by atoms with Gasteiger partial charge in [-0.1, -0.05) is 43.2 Å². The SMILES string of the molecule is CC(C)(C)OC(=O)N1CCCC1c1ncc(-c2ccc3oc(-c4ccc(-c5cnc(C6CCCC6)[nH]5)cc4)nc3c2)[nH]1.CC(C)(C)OC(=O)N1CCC[C@H]1c1ncc(Br)[nH]1.CC1(C)OB(c2ccc(-c3nc4cc(B5OC(C)(C)C(C)(C)O5)ccc4o3)cc2)OC1(C)C.O=CO[O-].[H-].[Na+].[Na+]. The molecule has 5 aliphatic rings. The molecule has 1 saturated carbocycles. The molecular formula is C71H87B2BrN10Na2O13. The Bertz CT molecular complexity index is 4210. The van der Waals surface area contributed by atoms with Crippen molar-refractivity contribution in [3.63, 3.8) is 0 Å². The number of imidazole rings is 3. The Morgan fingerprint density at radius 3 is 1.42 bits per heavy atom. The van der Waals surface area contributed by atoms with Gasteiger partial charge in [-0.05, 0) is 222 Å². The molecule has 99 heavy (non-hydrogen) atoms. The summed E-state index contributed by atoms with van der Waals surface area (Å²) in [7, 11) is -0.825. The molecule has 5 fully saturated rings. The molecule has 23 nitrogen and oxygen atoms in total. The van der Waals surface area contributed by atoms with E-state index in [4.69, 9.17) is 56.9 Å². The minimum Gasteiger partial charge on any atom is -1.00 e. The predicted molar refractivity (Wildman–Crippen MR) is 371 cm³/mol. The molecule has 4 aromatic carbocycles. The topological polar surface area (TPSA) is 283 Å². The average Bonchev–Trinajstić information content (AvgIpc) is 1.63. The summed E-state index contributed by atoms with van der Waals surface area (Å²) in [4.78, 5) is 72.8. The van der Waals surface area contributed by atoms with E-state index in [1.807, 2.05) is 154 Å². The average molecular weight is 1440 g/mol. The second-order valence-electron chi connectivity index (χ2n) is 29.1. The van der Waals surface area contributed by atoms with Crippen LogP contribution in [0.2, 0.25) is 0 Å². The summed E-state index contributed by atoms with van der Waals surface area (Å²) in [6.07, 6.45) is 13.6. The molecule has 0 spiro atoms. The zero-order valence-electron chi connectivity index (χ0n) is 60.7. The molecule has 5 aromatic heterocycles. The Balaban J connectivity index is 0.000000195. The number of ether oxygens (including phenoxy) is 2. The summed E-state index contributed by atoms with van der Waals surface area (Å²) >= 11 is 3.33. The number of halogens is 1. The number of carbonyl (C=O) groups excluding carboxylic acids is 3. The van der Waals surface area contributed by atoms with Gasteiger partial charge in [-0.15, -0.1) is 0 Å². The molecule has 1 unspecified atom stereocenters. The molecular weight excluding hydrogens is 1350 g/mol. The maximum atomic E-state index is 12.8. The van der Waals surface area contributed by atoms with E-state index in [-0.39, 0.29) is 114 Å². The van der Waals surface area contributed by atoms with Crippen molar-refractivity contribution in [2.75, 3.05) is 13.1 Å². The Hall–Kier alpha value is -6.13. The number of oxazole rings is 2. The van der Waals surface area contributed by atoms with Crippen molar-refractivity contribution in [2.24, 2.45) is 0 Å². The van der Waals surface area contributed by atoms with Crippen molar-refractivity contribution >= 4 is 82.0 Å². The van der Waals surface area contributed by atoms with E-state index in [0.717, 1.165) is 121 Å². The Kier molecular flexibility index (Phi) is 24.3. The van der Waals surface area contributed by atoms with Crippen LogP contribution in [0.4, 0.5) is 9.59 Å². The molecule has 9 aromatic rings. The van der Waals surface area contributed by atoms with E-state index in [2.05, 4.69) is 90.5 Å². The van der Waals surface area contributed by atoms with Crippen molar-refractivity contribution in [1.29, 1.82) is 0 Å². The fourth-order valence-electron chi connectivity index (χ4n) is 12.2. The third kappa shape index (κ3) is 18.0. The largest absolute Gasteiger partial charge is 1.00 e. The molecule has 0 radical (unpaired) electrons. The Labute approximate surface area is 632 Å². The van der Waals surface area contributed by atoms with E-state index < -0.39 is 25.4 Å². The first-order chi connectivity index (χ1) is 45.9. The molecule has 4 saturated heterocycles. The number of amides is 2. The van der Waals surface area contributed by atoms with Gasteiger partial charge in [0.05, 0.1) is 64.5 Å². The van der Waals surface area contributed by atoms with Gasteiger partial charge in [0.1, 0.15) is 44.3 Å². The molecule has 2 amide bonds. The van der Waals surface area contributed by atoms with E-state index in [0.29, 0.717) is 24.2 Å². The second kappa shape index (κ2) is 31.2. The van der Waals surface area contributed by atoms with Crippen molar-refractivity contribution in [1.82, 2.24) is 49.7 Å². The van der Waals surface area contributed by atoms with Crippen LogP contribution in [-0.2, 0) is 37.8 Å². The van der Waals surface area contributed by atoms with Gasteiger partial charge < -0.3 is 63.4 Å². The van der Waals surface area contributed by atoms with Gasteiger partial charge in [0.15, 0.2) is 11.2 Å². The smallest absolute Gasteiger partial charge is 1.00 e. The molecule has 1 aliphatic carbocycles. The minimum atomic E-state index is -0.537. The number of benzene rings is 4. The molecule has 28 heteroatoms. The van der Waals surface area contributed by atoms with Gasteiger partial charge in [0, 0.05) is 35.7 Å². The number of likely N-dealkylation sites (tertiary alicyclic amines) is 2. The summed E-state index contributed by atoms with van der Waals surface area (Å²) in [6.45, 7) is 28.9. The van der Waals surface area contributed by atoms with Crippen LogP contribution >= 0.6 is 15.9 Å². The predicted octanol–water partition coefficient (Wildman–Crippen LogP) is 7.90. The molecule has 3 N–H and O–H groups in total. The monoisotopic (exact) mass is 1430 g/mol. The summed E-state index contributed by atoms with van der Waals surface area (Å²) in [5.74, 6) is 4.39. The first kappa shape index (κ1) is 77.0. The fraction of sp³-hybridized carbons (Fsp3) is 0.465. The summed E-state index contributed by atoms with van der Waals surface area (Å²) in [6, 6.07) is 27.9. The molecule has 2 atom stereocenters. The first-order valence-corrected chi connectivity index (χ1v) is 33.9. The van der Waals surface area contributed by atoms with Crippen LogP contribution in [0, 0.1) is 0 Å². The van der Waals surface area contributed by atoms with Crippen LogP contribution in [0.15, 0.2) is 117 Å². The molecule has 9 heterocycles. The molecule has 14 rings (SSSR count). The van der Waals surface area contributed by atoms with E-state index in [1.54, 1.807) is 16.0 Å². The number of fused-ring (bicyclic) bond motifs is 2. The number of H-pyrrole nitrogens is 3. The number of nitrogens with zero attached hydrogens (tertiary/aromatic N) is 7. The van der Waals surface area contributed by atoms with Crippen LogP contribution in [-0.4, -0.2) is 129 Å². The maximum Gasteiger partial charge on any atom is 1.00 e. The standard InChI is InChI=1S/C33H36N6O3.C25H31B2NO5.C12H18BrN3O2.CH2O3.2Na.H/c1-33(2,3)42-32(40)39-16-6-9-27(39)30-35-19-26(37-30)23-14-15-28-24(17-23)38-31(41-28)22-12-10-20(11-13-22)25-18-34-29(36-25)21-7-4-5-8-21;1-22(2)23(3,4)31-26(30-22)17-11-9-16(10-12-17)21-28-19-15-18(13-14-20(19)29-21)27-32-24(5,6)25(7,8)33-27;1-12(2,3)18-11(17)16-6-4-5-8(16)10-14-7-9(13)15-10;2-1-4-3;;;/h10-15,17-19,21,27H,4-9,16H2,1-3H3,(H,34,36)(H,35,37);9-15H,1-8H3;7-8H,4-6H2,1-3H3,(H,14,15);1,3H;;;/q;;;;2*+1;-1/p-1/t;;8-;;;;/m..0..../s1.